The van der Waals surface area contributed by atoms with Crippen molar-refractivity contribution in [2.45, 2.75) is 25.9 Å². The second-order valence-electron chi connectivity index (χ2n) is 6.20. The van der Waals surface area contributed by atoms with E-state index in [1.165, 1.54) is 0 Å². The molecule has 2 aliphatic carbocycles. The maximum Gasteiger partial charge on any atom is 0.311 e. The summed E-state index contributed by atoms with van der Waals surface area (Å²) in [6.45, 7) is 6.69. The number of carbonyl (C=O) groups excluding carboxylic acids is 2. The highest BCUT2D eigenvalue weighted by Gasteiger charge is 2.53. The second-order valence-corrected chi connectivity index (χ2v) is 6.74. The predicted octanol–water partition coefficient (Wildman–Crippen LogP) is 2.68. The molecule has 4 nitrogen and oxygen atoms in total. The van der Waals surface area contributed by atoms with E-state index < -0.39 is 29.4 Å². The summed E-state index contributed by atoms with van der Waals surface area (Å²) in [6.07, 6.45) is 10.0. The standard InChI is InChI=1S/C17H19ClO4/c1-5-17(3,4)22-16(20)14-12-7-6-11(8-12)13(14)15(19)21-9-10(2)18/h1,6-7,11-14H,2,8-9H2,3-4H3/t11-,12+,13-,14-/m0/s1. The zero-order chi connectivity index (χ0) is 16.5. The largest absolute Gasteiger partial charge is 0.460 e. The first-order valence-electron chi connectivity index (χ1n) is 7.14. The van der Waals surface area contributed by atoms with Crippen molar-refractivity contribution < 1.29 is 19.1 Å². The molecule has 0 unspecified atom stereocenters. The molecule has 0 radical (unpaired) electrons. The van der Waals surface area contributed by atoms with E-state index >= 15 is 0 Å². The van der Waals surface area contributed by atoms with Gasteiger partial charge in [-0.3, -0.25) is 9.59 Å². The number of terminal acetylenes is 1. The third kappa shape index (κ3) is 3.36. The van der Waals surface area contributed by atoms with Crippen LogP contribution < -0.4 is 0 Å². The lowest BCUT2D eigenvalue weighted by Crippen LogP contribution is -2.39. The lowest BCUT2D eigenvalue weighted by atomic mass is 9.83. The van der Waals surface area contributed by atoms with Gasteiger partial charge in [0.1, 0.15) is 6.61 Å². The van der Waals surface area contributed by atoms with Gasteiger partial charge in [-0.15, -0.1) is 6.42 Å². The molecule has 0 saturated heterocycles. The molecular formula is C17H19ClO4. The Balaban J connectivity index is 2.13. The van der Waals surface area contributed by atoms with Crippen LogP contribution in [0.1, 0.15) is 20.3 Å². The van der Waals surface area contributed by atoms with Gasteiger partial charge in [-0.25, -0.2) is 0 Å². The molecule has 22 heavy (non-hydrogen) atoms. The molecule has 2 aliphatic rings. The molecule has 0 aromatic heterocycles. The average molecular weight is 323 g/mol. The molecule has 118 valence electrons. The van der Waals surface area contributed by atoms with Crippen molar-refractivity contribution in [1.82, 2.24) is 0 Å². The van der Waals surface area contributed by atoms with E-state index in [9.17, 15) is 9.59 Å². The number of rotatable bonds is 5. The number of carbonyl (C=O) groups is 2. The number of halogens is 1. The van der Waals surface area contributed by atoms with E-state index in [-0.39, 0.29) is 23.5 Å². The van der Waals surface area contributed by atoms with Gasteiger partial charge >= 0.3 is 11.9 Å². The van der Waals surface area contributed by atoms with Crippen molar-refractivity contribution in [2.24, 2.45) is 23.7 Å². The molecule has 0 aromatic carbocycles. The molecule has 0 aromatic rings. The molecule has 1 fully saturated rings. The minimum Gasteiger partial charge on any atom is -0.460 e. The quantitative estimate of drug-likeness (QED) is 0.443. The normalized spacial score (nSPS) is 29.0. The summed E-state index contributed by atoms with van der Waals surface area (Å²) in [5, 5.41) is 0.236. The van der Waals surface area contributed by atoms with Gasteiger partial charge in [-0.05, 0) is 32.1 Å². The molecule has 0 amide bonds. The van der Waals surface area contributed by atoms with Crippen LogP contribution in [0.2, 0.25) is 0 Å². The predicted molar refractivity (Wildman–Crippen MR) is 82.7 cm³/mol. The number of hydrogen-bond donors (Lipinski definition) is 0. The van der Waals surface area contributed by atoms with Gasteiger partial charge in [-0.2, -0.15) is 0 Å². The molecule has 2 bridgehead atoms. The first kappa shape index (κ1) is 16.6. The van der Waals surface area contributed by atoms with Gasteiger partial charge in [-0.1, -0.05) is 36.3 Å². The molecular weight excluding hydrogens is 304 g/mol. The van der Waals surface area contributed by atoms with Crippen LogP contribution in [0.15, 0.2) is 23.8 Å². The highest BCUT2D eigenvalue weighted by atomic mass is 35.5. The highest BCUT2D eigenvalue weighted by molar-refractivity contribution is 6.29. The lowest BCUT2D eigenvalue weighted by molar-refractivity contribution is -0.166. The van der Waals surface area contributed by atoms with Crippen LogP contribution in [0.5, 0.6) is 0 Å². The second kappa shape index (κ2) is 6.18. The molecule has 2 rings (SSSR count). The summed E-state index contributed by atoms with van der Waals surface area (Å²) in [5.41, 5.74) is -0.999. The number of ether oxygens (including phenoxy) is 2. The summed E-state index contributed by atoms with van der Waals surface area (Å²) in [6, 6.07) is 0. The van der Waals surface area contributed by atoms with Gasteiger partial charge in [0.25, 0.3) is 0 Å². The van der Waals surface area contributed by atoms with Gasteiger partial charge in [0, 0.05) is 5.03 Å². The Hall–Kier alpha value is -1.73. The Morgan fingerprint density at radius 2 is 1.86 bits per heavy atom. The highest BCUT2D eigenvalue weighted by Crippen LogP contribution is 2.49. The molecule has 4 atom stereocenters. The van der Waals surface area contributed by atoms with E-state index in [2.05, 4.69) is 12.5 Å². The van der Waals surface area contributed by atoms with Crippen LogP contribution in [0.3, 0.4) is 0 Å². The van der Waals surface area contributed by atoms with Crippen LogP contribution in [0.4, 0.5) is 0 Å². The van der Waals surface area contributed by atoms with Gasteiger partial charge < -0.3 is 9.47 Å². The van der Waals surface area contributed by atoms with E-state index in [0.29, 0.717) is 0 Å². The molecule has 1 saturated carbocycles. The van der Waals surface area contributed by atoms with E-state index in [0.717, 1.165) is 6.42 Å². The zero-order valence-electron chi connectivity index (χ0n) is 12.7. The Morgan fingerprint density at radius 1 is 1.32 bits per heavy atom. The number of fused-ring (bicyclic) bond motifs is 2. The third-order valence-corrected chi connectivity index (χ3v) is 4.19. The first-order valence-corrected chi connectivity index (χ1v) is 7.52. The van der Waals surface area contributed by atoms with Crippen LogP contribution >= 0.6 is 11.6 Å². The summed E-state index contributed by atoms with van der Waals surface area (Å²) in [5.74, 6) is 0.396. The monoisotopic (exact) mass is 322 g/mol. The summed E-state index contributed by atoms with van der Waals surface area (Å²) in [7, 11) is 0. The third-order valence-electron chi connectivity index (χ3n) is 4.08. The van der Waals surface area contributed by atoms with E-state index in [4.69, 9.17) is 27.5 Å². The van der Waals surface area contributed by atoms with Crippen LogP contribution in [-0.4, -0.2) is 24.1 Å². The number of esters is 2. The minimum absolute atomic E-state index is 0.00686. The maximum atomic E-state index is 12.5. The SMILES string of the molecule is C#CC(C)(C)OC(=O)[C@@H]1[C@@H](C(=O)OCC(=C)Cl)[C@H]2C=C[C@@H]1C2. The lowest BCUT2D eigenvalue weighted by Gasteiger charge is -2.28. The van der Waals surface area contributed by atoms with Crippen molar-refractivity contribution >= 4 is 23.5 Å². The van der Waals surface area contributed by atoms with E-state index in [1.54, 1.807) is 13.8 Å². The van der Waals surface area contributed by atoms with Crippen molar-refractivity contribution in [1.29, 1.82) is 0 Å². The zero-order valence-corrected chi connectivity index (χ0v) is 13.4. The first-order chi connectivity index (χ1) is 10.2. The fourth-order valence-corrected chi connectivity index (χ4v) is 3.11. The molecule has 0 N–H and O–H groups in total. The van der Waals surface area contributed by atoms with Gasteiger partial charge in [0.05, 0.1) is 11.8 Å². The average Bonchev–Trinajstić information content (AvgIpc) is 3.04. The topological polar surface area (TPSA) is 52.6 Å². The fourth-order valence-electron chi connectivity index (χ4n) is 3.06. The number of hydrogen-bond acceptors (Lipinski definition) is 4. The van der Waals surface area contributed by atoms with Crippen molar-refractivity contribution in [3.8, 4) is 12.3 Å². The Bertz CT molecular complexity index is 570. The minimum atomic E-state index is -0.999. The van der Waals surface area contributed by atoms with Crippen molar-refractivity contribution in [3.05, 3.63) is 23.8 Å². The Morgan fingerprint density at radius 3 is 2.36 bits per heavy atom. The summed E-state index contributed by atoms with van der Waals surface area (Å²) in [4.78, 5) is 24.7. The van der Waals surface area contributed by atoms with Crippen molar-refractivity contribution in [3.63, 3.8) is 0 Å². The maximum absolute atomic E-state index is 12.5. The van der Waals surface area contributed by atoms with Crippen LogP contribution in [-0.2, 0) is 19.1 Å². The van der Waals surface area contributed by atoms with E-state index in [1.807, 2.05) is 12.2 Å². The summed E-state index contributed by atoms with van der Waals surface area (Å²) >= 11 is 5.61. The van der Waals surface area contributed by atoms with Crippen molar-refractivity contribution in [2.75, 3.05) is 6.61 Å². The molecule has 0 heterocycles. The molecule has 5 heteroatoms. The molecule has 0 aliphatic heterocycles. The number of allylic oxidation sites excluding steroid dienone is 2. The fraction of sp³-hybridized carbons (Fsp3) is 0.529. The Labute approximate surface area is 135 Å². The smallest absolute Gasteiger partial charge is 0.311 e. The van der Waals surface area contributed by atoms with Gasteiger partial charge in [0.15, 0.2) is 5.60 Å². The van der Waals surface area contributed by atoms with Crippen LogP contribution in [0.25, 0.3) is 0 Å². The van der Waals surface area contributed by atoms with Crippen LogP contribution in [0, 0.1) is 36.0 Å². The Kier molecular flexibility index (Phi) is 4.67. The van der Waals surface area contributed by atoms with Gasteiger partial charge in [0.2, 0.25) is 0 Å². The summed E-state index contributed by atoms with van der Waals surface area (Å²) < 4.78 is 10.5. The molecule has 0 spiro atoms.